The molecule has 0 spiro atoms. The lowest BCUT2D eigenvalue weighted by Crippen LogP contribution is -1.90. The van der Waals surface area contributed by atoms with Gasteiger partial charge >= 0.3 is 0 Å². The van der Waals surface area contributed by atoms with E-state index in [0.717, 1.165) is 0 Å². The SMILES string of the molecule is [N-]=[N+]=NCCC#Cc1ccc(N)c(F)c1. The summed E-state index contributed by atoms with van der Waals surface area (Å²) in [5, 5.41) is 3.32. The summed E-state index contributed by atoms with van der Waals surface area (Å²) in [6.45, 7) is 0.320. The summed E-state index contributed by atoms with van der Waals surface area (Å²) in [5.74, 6) is 5.03. The molecule has 4 nitrogen and oxygen atoms in total. The van der Waals surface area contributed by atoms with Crippen LogP contribution in [0.3, 0.4) is 0 Å². The highest BCUT2D eigenvalue weighted by Gasteiger charge is 1.96. The van der Waals surface area contributed by atoms with Gasteiger partial charge in [0.25, 0.3) is 0 Å². The normalized spacial score (nSPS) is 8.60. The number of nitrogen functional groups attached to an aromatic ring is 1. The van der Waals surface area contributed by atoms with Crippen molar-refractivity contribution in [1.82, 2.24) is 0 Å². The number of azide groups is 1. The molecule has 0 aliphatic carbocycles. The van der Waals surface area contributed by atoms with Crippen molar-refractivity contribution in [3.05, 3.63) is 40.0 Å². The monoisotopic (exact) mass is 204 g/mol. The van der Waals surface area contributed by atoms with Crippen LogP contribution in [0, 0.1) is 17.7 Å². The lowest BCUT2D eigenvalue weighted by Gasteiger charge is -1.95. The molecular formula is C10H9FN4. The Kier molecular flexibility index (Phi) is 4.02. The number of benzene rings is 1. The van der Waals surface area contributed by atoms with Crippen LogP contribution in [-0.2, 0) is 0 Å². The van der Waals surface area contributed by atoms with Gasteiger partial charge in [-0.3, -0.25) is 0 Å². The van der Waals surface area contributed by atoms with E-state index in [1.54, 1.807) is 6.07 Å². The van der Waals surface area contributed by atoms with E-state index in [0.29, 0.717) is 18.5 Å². The lowest BCUT2D eigenvalue weighted by molar-refractivity contribution is 0.632. The highest BCUT2D eigenvalue weighted by molar-refractivity contribution is 5.46. The maximum absolute atomic E-state index is 12.9. The third kappa shape index (κ3) is 3.59. The number of nitrogens with two attached hydrogens (primary N) is 1. The fourth-order valence-corrected chi connectivity index (χ4v) is 0.920. The van der Waals surface area contributed by atoms with Crippen molar-refractivity contribution in [2.75, 3.05) is 12.3 Å². The topological polar surface area (TPSA) is 74.8 Å². The third-order valence-electron chi connectivity index (χ3n) is 1.63. The van der Waals surface area contributed by atoms with Crippen LogP contribution in [0.4, 0.5) is 10.1 Å². The Hall–Kier alpha value is -2.18. The summed E-state index contributed by atoms with van der Waals surface area (Å²) in [4.78, 5) is 2.59. The number of halogens is 1. The molecule has 0 fully saturated rings. The van der Waals surface area contributed by atoms with Crippen LogP contribution >= 0.6 is 0 Å². The smallest absolute Gasteiger partial charge is 0.147 e. The summed E-state index contributed by atoms with van der Waals surface area (Å²) in [6, 6.07) is 4.38. The van der Waals surface area contributed by atoms with Crippen LogP contribution in [0.5, 0.6) is 0 Å². The van der Waals surface area contributed by atoms with Gasteiger partial charge in [-0.05, 0) is 23.7 Å². The average molecular weight is 204 g/mol. The predicted octanol–water partition coefficient (Wildman–Crippen LogP) is 2.46. The summed E-state index contributed by atoms with van der Waals surface area (Å²) in [5.41, 5.74) is 14.0. The third-order valence-corrected chi connectivity index (χ3v) is 1.63. The molecule has 0 aliphatic heterocycles. The van der Waals surface area contributed by atoms with Crippen LogP contribution < -0.4 is 5.73 Å². The quantitative estimate of drug-likeness (QED) is 0.197. The fourth-order valence-electron chi connectivity index (χ4n) is 0.920. The van der Waals surface area contributed by atoms with Gasteiger partial charge in [-0.2, -0.15) is 0 Å². The molecule has 15 heavy (non-hydrogen) atoms. The molecule has 1 rings (SSSR count). The second-order valence-corrected chi connectivity index (χ2v) is 2.74. The van der Waals surface area contributed by atoms with Crippen molar-refractivity contribution in [3.8, 4) is 11.8 Å². The van der Waals surface area contributed by atoms with Crippen molar-refractivity contribution in [2.45, 2.75) is 6.42 Å². The van der Waals surface area contributed by atoms with E-state index in [1.165, 1.54) is 12.1 Å². The number of anilines is 1. The van der Waals surface area contributed by atoms with Gasteiger partial charge in [0.1, 0.15) is 5.82 Å². The molecule has 0 aliphatic rings. The minimum absolute atomic E-state index is 0.106. The zero-order valence-corrected chi connectivity index (χ0v) is 7.94. The van der Waals surface area contributed by atoms with Crippen molar-refractivity contribution in [2.24, 2.45) is 5.11 Å². The van der Waals surface area contributed by atoms with Gasteiger partial charge in [-0.25, -0.2) is 4.39 Å². The van der Waals surface area contributed by atoms with E-state index in [9.17, 15) is 4.39 Å². The Morgan fingerprint density at radius 3 is 3.00 bits per heavy atom. The van der Waals surface area contributed by atoms with Crippen molar-refractivity contribution >= 4 is 5.69 Å². The number of hydrogen-bond donors (Lipinski definition) is 1. The first-order chi connectivity index (χ1) is 7.24. The highest BCUT2D eigenvalue weighted by atomic mass is 19.1. The van der Waals surface area contributed by atoms with Crippen molar-refractivity contribution < 1.29 is 4.39 Å². The van der Waals surface area contributed by atoms with E-state index in [4.69, 9.17) is 11.3 Å². The summed E-state index contributed by atoms with van der Waals surface area (Å²) >= 11 is 0. The van der Waals surface area contributed by atoms with Gasteiger partial charge in [-0.1, -0.05) is 17.0 Å². The molecule has 0 saturated heterocycles. The molecule has 0 amide bonds. The van der Waals surface area contributed by atoms with E-state index in [-0.39, 0.29) is 5.69 Å². The van der Waals surface area contributed by atoms with Gasteiger partial charge in [0, 0.05) is 23.4 Å². The van der Waals surface area contributed by atoms with Crippen molar-refractivity contribution in [3.63, 3.8) is 0 Å². The Bertz CT molecular complexity index is 452. The Labute approximate surface area is 86.5 Å². The molecule has 0 bridgehead atoms. The van der Waals surface area contributed by atoms with Crippen LogP contribution in [0.15, 0.2) is 23.3 Å². The largest absolute Gasteiger partial charge is 0.396 e. The van der Waals surface area contributed by atoms with Gasteiger partial charge in [0.05, 0.1) is 5.69 Å². The second kappa shape index (κ2) is 5.53. The van der Waals surface area contributed by atoms with E-state index in [1.807, 2.05) is 0 Å². The fraction of sp³-hybridized carbons (Fsp3) is 0.200. The number of rotatable bonds is 2. The Balaban J connectivity index is 2.64. The molecule has 76 valence electrons. The molecule has 0 radical (unpaired) electrons. The van der Waals surface area contributed by atoms with Crippen molar-refractivity contribution in [1.29, 1.82) is 0 Å². The maximum Gasteiger partial charge on any atom is 0.147 e. The predicted molar refractivity (Wildman–Crippen MR) is 56.3 cm³/mol. The van der Waals surface area contributed by atoms with E-state index in [2.05, 4.69) is 21.9 Å². The van der Waals surface area contributed by atoms with Gasteiger partial charge in [0.15, 0.2) is 0 Å². The number of hydrogen-bond acceptors (Lipinski definition) is 2. The van der Waals surface area contributed by atoms with E-state index >= 15 is 0 Å². The first kappa shape index (κ1) is 10.9. The molecule has 0 heterocycles. The van der Waals surface area contributed by atoms with Gasteiger partial charge < -0.3 is 5.73 Å². The molecule has 0 aromatic heterocycles. The Morgan fingerprint density at radius 1 is 1.53 bits per heavy atom. The molecule has 0 saturated carbocycles. The minimum atomic E-state index is -0.475. The minimum Gasteiger partial charge on any atom is -0.396 e. The summed E-state index contributed by atoms with van der Waals surface area (Å²) in [6.07, 6.45) is 0.454. The summed E-state index contributed by atoms with van der Waals surface area (Å²) in [7, 11) is 0. The highest BCUT2D eigenvalue weighted by Crippen LogP contribution is 2.10. The summed E-state index contributed by atoms with van der Waals surface area (Å²) < 4.78 is 12.9. The van der Waals surface area contributed by atoms with Crippen LogP contribution in [0.25, 0.3) is 10.4 Å². The first-order valence-electron chi connectivity index (χ1n) is 4.29. The van der Waals surface area contributed by atoms with Crippen LogP contribution in [0.2, 0.25) is 0 Å². The molecule has 0 unspecified atom stereocenters. The molecular weight excluding hydrogens is 195 g/mol. The standard InChI is InChI=1S/C10H9FN4/c11-9-7-8(4-5-10(9)12)3-1-2-6-14-15-13/h4-5,7H,2,6,12H2. The average Bonchev–Trinajstić information content (AvgIpc) is 2.23. The van der Waals surface area contributed by atoms with Gasteiger partial charge in [-0.15, -0.1) is 0 Å². The zero-order valence-electron chi connectivity index (χ0n) is 7.94. The zero-order chi connectivity index (χ0) is 11.1. The van der Waals surface area contributed by atoms with Crippen LogP contribution in [0.1, 0.15) is 12.0 Å². The second-order valence-electron chi connectivity index (χ2n) is 2.74. The number of nitrogens with zero attached hydrogens (tertiary/aromatic N) is 3. The first-order valence-corrected chi connectivity index (χ1v) is 4.29. The lowest BCUT2D eigenvalue weighted by atomic mass is 10.2. The molecule has 1 aromatic rings. The maximum atomic E-state index is 12.9. The molecule has 1 aromatic carbocycles. The van der Waals surface area contributed by atoms with Gasteiger partial charge in [0.2, 0.25) is 0 Å². The molecule has 2 N–H and O–H groups in total. The molecule has 0 atom stereocenters. The van der Waals surface area contributed by atoms with Crippen LogP contribution in [-0.4, -0.2) is 6.54 Å². The molecule has 5 heteroatoms. The Morgan fingerprint density at radius 2 is 2.33 bits per heavy atom. The van der Waals surface area contributed by atoms with E-state index < -0.39 is 5.82 Å².